The number of nitrogens with one attached hydrogen (secondary N) is 1. The number of carbonyl (C=O) groups excluding carboxylic acids is 1. The predicted molar refractivity (Wildman–Crippen MR) is 84.8 cm³/mol. The van der Waals surface area contributed by atoms with Gasteiger partial charge in [0.2, 0.25) is 0 Å². The maximum Gasteiger partial charge on any atom is 0.412 e. The normalized spacial score (nSPS) is 16.8. The van der Waals surface area contributed by atoms with Crippen LogP contribution in [0.5, 0.6) is 0 Å². The van der Waals surface area contributed by atoms with Crippen molar-refractivity contribution in [1.82, 2.24) is 14.6 Å². The molecule has 2 aromatic heterocycles. The zero-order valence-electron chi connectivity index (χ0n) is 13.7. The summed E-state index contributed by atoms with van der Waals surface area (Å²) in [7, 11) is 0. The highest BCUT2D eigenvalue weighted by Crippen LogP contribution is 2.60. The van der Waals surface area contributed by atoms with Crippen LogP contribution in [0.1, 0.15) is 39.3 Å². The Morgan fingerprint density at radius 1 is 1.36 bits per heavy atom. The summed E-state index contributed by atoms with van der Waals surface area (Å²) >= 11 is 5.82. The van der Waals surface area contributed by atoms with E-state index in [2.05, 4.69) is 15.4 Å². The third kappa shape index (κ3) is 3.24. The highest BCUT2D eigenvalue weighted by Gasteiger charge is 2.66. The van der Waals surface area contributed by atoms with E-state index in [1.807, 2.05) is 0 Å². The van der Waals surface area contributed by atoms with Gasteiger partial charge in [-0.2, -0.15) is 18.3 Å². The van der Waals surface area contributed by atoms with Gasteiger partial charge in [-0.1, -0.05) is 11.6 Å². The molecule has 1 fully saturated rings. The molecule has 0 spiro atoms. The third-order valence-corrected chi connectivity index (χ3v) is 4.02. The zero-order valence-corrected chi connectivity index (χ0v) is 14.5. The van der Waals surface area contributed by atoms with E-state index in [0.29, 0.717) is 0 Å². The van der Waals surface area contributed by atoms with Crippen LogP contribution in [-0.4, -0.2) is 32.5 Å². The lowest BCUT2D eigenvalue weighted by Gasteiger charge is -2.24. The van der Waals surface area contributed by atoms with Gasteiger partial charge in [-0.15, -0.1) is 0 Å². The zero-order chi connectivity index (χ0) is 18.6. The number of ether oxygens (including phenoxy) is 1. The van der Waals surface area contributed by atoms with Gasteiger partial charge in [0.1, 0.15) is 11.0 Å². The lowest BCUT2D eigenvalue weighted by Crippen LogP contribution is -2.33. The molecule has 10 heteroatoms. The van der Waals surface area contributed by atoms with Crippen LogP contribution in [-0.2, 0) is 10.2 Å². The molecule has 0 unspecified atom stereocenters. The van der Waals surface area contributed by atoms with Crippen LogP contribution in [0.15, 0.2) is 12.3 Å². The number of alkyl halides is 3. The molecule has 0 aliphatic heterocycles. The fourth-order valence-electron chi connectivity index (χ4n) is 2.65. The minimum atomic E-state index is -4.50. The summed E-state index contributed by atoms with van der Waals surface area (Å²) in [6.07, 6.45) is -4.40. The van der Waals surface area contributed by atoms with Gasteiger partial charge in [-0.3, -0.25) is 5.32 Å². The van der Waals surface area contributed by atoms with E-state index in [1.165, 1.54) is 12.3 Å². The molecule has 0 saturated heterocycles. The molecule has 2 aromatic rings. The Kier molecular flexibility index (Phi) is 3.90. The van der Waals surface area contributed by atoms with Gasteiger partial charge >= 0.3 is 12.3 Å². The Balaban J connectivity index is 2.10. The van der Waals surface area contributed by atoms with Crippen molar-refractivity contribution in [3.8, 4) is 0 Å². The van der Waals surface area contributed by atoms with Crippen molar-refractivity contribution >= 4 is 29.0 Å². The molecule has 1 aliphatic rings. The van der Waals surface area contributed by atoms with Crippen molar-refractivity contribution in [1.29, 1.82) is 0 Å². The first-order valence-electron chi connectivity index (χ1n) is 7.54. The van der Waals surface area contributed by atoms with Crippen LogP contribution in [0.4, 0.5) is 23.7 Å². The molecule has 1 saturated carbocycles. The molecular formula is C15H16ClF3N4O2. The average Bonchev–Trinajstić information content (AvgIpc) is 3.13. The summed E-state index contributed by atoms with van der Waals surface area (Å²) in [5.74, 6) is 0. The van der Waals surface area contributed by atoms with Gasteiger partial charge in [-0.05, 0) is 33.6 Å². The highest BCUT2D eigenvalue weighted by molar-refractivity contribution is 6.29. The summed E-state index contributed by atoms with van der Waals surface area (Å²) in [4.78, 5) is 16.0. The van der Waals surface area contributed by atoms with Crippen LogP contribution in [0, 0.1) is 0 Å². The quantitative estimate of drug-likeness (QED) is 0.847. The van der Waals surface area contributed by atoms with Crippen molar-refractivity contribution in [2.75, 3.05) is 5.32 Å². The van der Waals surface area contributed by atoms with Crippen molar-refractivity contribution in [3.05, 3.63) is 23.1 Å². The number of hydrogen-bond donors (Lipinski definition) is 1. The molecular weight excluding hydrogens is 361 g/mol. The topological polar surface area (TPSA) is 68.5 Å². The summed E-state index contributed by atoms with van der Waals surface area (Å²) in [5.41, 5.74) is -3.00. The van der Waals surface area contributed by atoms with Gasteiger partial charge in [0.05, 0.1) is 17.6 Å². The first-order valence-corrected chi connectivity index (χ1v) is 7.92. The molecule has 0 bridgehead atoms. The second-order valence-corrected chi connectivity index (χ2v) is 7.35. The molecule has 2 heterocycles. The summed E-state index contributed by atoms with van der Waals surface area (Å²) in [6, 6.07) is 1.36. The maximum absolute atomic E-state index is 13.7. The fourth-order valence-corrected chi connectivity index (χ4v) is 2.82. The van der Waals surface area contributed by atoms with Crippen molar-refractivity contribution < 1.29 is 22.7 Å². The Hall–Kier alpha value is -2.03. The number of fused-ring (bicyclic) bond motifs is 1. The van der Waals surface area contributed by atoms with E-state index in [-0.39, 0.29) is 35.0 Å². The molecule has 1 aliphatic carbocycles. The average molecular weight is 377 g/mol. The predicted octanol–water partition coefficient (Wildman–Crippen LogP) is 4.32. The number of amides is 1. The second-order valence-electron chi connectivity index (χ2n) is 6.96. The van der Waals surface area contributed by atoms with Gasteiger partial charge in [0.25, 0.3) is 0 Å². The standard InChI is InChI=1S/C15H16ClF3N4O2/c1-13(2,3)25-12(24)21-8-7-20-10-6-9(16)22-23(10)11(8)14(4-5-14)15(17,18)19/h6-7H,4-5H2,1-3H3,(H,21,24). The summed E-state index contributed by atoms with van der Waals surface area (Å²) in [6.45, 7) is 4.96. The third-order valence-electron chi connectivity index (χ3n) is 3.84. The molecule has 25 heavy (non-hydrogen) atoms. The number of halogens is 4. The fraction of sp³-hybridized carbons (Fsp3) is 0.533. The summed E-state index contributed by atoms with van der Waals surface area (Å²) in [5, 5.41) is 6.28. The molecule has 0 radical (unpaired) electrons. The first kappa shape index (κ1) is 17.8. The SMILES string of the molecule is CC(C)(C)OC(=O)Nc1cnc2cc(Cl)nn2c1C1(C(F)(F)F)CC1. The molecule has 136 valence electrons. The number of carbonyl (C=O) groups is 1. The van der Waals surface area contributed by atoms with Gasteiger partial charge in [-0.25, -0.2) is 14.3 Å². The number of anilines is 1. The second kappa shape index (κ2) is 5.48. The van der Waals surface area contributed by atoms with E-state index in [4.69, 9.17) is 16.3 Å². The van der Waals surface area contributed by atoms with Crippen LogP contribution in [0.25, 0.3) is 5.65 Å². The van der Waals surface area contributed by atoms with Crippen molar-refractivity contribution in [3.63, 3.8) is 0 Å². The molecule has 1 amide bonds. The Morgan fingerprint density at radius 3 is 2.52 bits per heavy atom. The minimum Gasteiger partial charge on any atom is -0.444 e. The molecule has 0 atom stereocenters. The molecule has 3 rings (SSSR count). The van der Waals surface area contributed by atoms with Gasteiger partial charge in [0.15, 0.2) is 10.8 Å². The van der Waals surface area contributed by atoms with Crippen LogP contribution in [0.2, 0.25) is 5.15 Å². The van der Waals surface area contributed by atoms with Crippen molar-refractivity contribution in [2.45, 2.75) is 50.8 Å². The van der Waals surface area contributed by atoms with E-state index in [0.717, 1.165) is 4.52 Å². The Labute approximate surface area is 146 Å². The maximum atomic E-state index is 13.7. The monoisotopic (exact) mass is 376 g/mol. The molecule has 0 aromatic carbocycles. The number of nitrogens with zero attached hydrogens (tertiary/aromatic N) is 3. The minimum absolute atomic E-state index is 0.0149. The van der Waals surface area contributed by atoms with Crippen LogP contribution in [0.3, 0.4) is 0 Å². The van der Waals surface area contributed by atoms with Crippen molar-refractivity contribution in [2.24, 2.45) is 0 Å². The summed E-state index contributed by atoms with van der Waals surface area (Å²) < 4.78 is 47.2. The Bertz CT molecular complexity index is 838. The number of rotatable bonds is 2. The number of aromatic nitrogens is 3. The highest BCUT2D eigenvalue weighted by atomic mass is 35.5. The van der Waals surface area contributed by atoms with Crippen LogP contribution >= 0.6 is 11.6 Å². The van der Waals surface area contributed by atoms with Crippen LogP contribution < -0.4 is 5.32 Å². The lowest BCUT2D eigenvalue weighted by atomic mass is 10.00. The van der Waals surface area contributed by atoms with Gasteiger partial charge in [0, 0.05) is 6.07 Å². The van der Waals surface area contributed by atoms with E-state index < -0.39 is 23.3 Å². The van der Waals surface area contributed by atoms with E-state index in [9.17, 15) is 18.0 Å². The van der Waals surface area contributed by atoms with E-state index in [1.54, 1.807) is 20.8 Å². The lowest BCUT2D eigenvalue weighted by molar-refractivity contribution is -0.161. The smallest absolute Gasteiger partial charge is 0.412 e. The molecule has 1 N–H and O–H groups in total. The Morgan fingerprint density at radius 2 is 2.00 bits per heavy atom. The van der Waals surface area contributed by atoms with Gasteiger partial charge < -0.3 is 4.74 Å². The van der Waals surface area contributed by atoms with E-state index >= 15 is 0 Å². The largest absolute Gasteiger partial charge is 0.444 e. The first-order chi connectivity index (χ1) is 11.4. The number of hydrogen-bond acceptors (Lipinski definition) is 4. The molecule has 6 nitrogen and oxygen atoms in total.